The number of amides is 1. The Morgan fingerprint density at radius 2 is 1.92 bits per heavy atom. The van der Waals surface area contributed by atoms with Crippen LogP contribution in [-0.4, -0.2) is 32.3 Å². The van der Waals surface area contributed by atoms with Gasteiger partial charge in [0.15, 0.2) is 0 Å². The predicted molar refractivity (Wildman–Crippen MR) is 96.6 cm³/mol. The highest BCUT2D eigenvalue weighted by Crippen LogP contribution is 2.21. The molecular formula is C18H18ClFN2O3S. The van der Waals surface area contributed by atoms with Crippen LogP contribution in [0.3, 0.4) is 0 Å². The van der Waals surface area contributed by atoms with Crippen LogP contribution < -0.4 is 4.72 Å². The molecule has 5 nitrogen and oxygen atoms in total. The number of hydrogen-bond acceptors (Lipinski definition) is 3. The number of hydrogen-bond donors (Lipinski definition) is 1. The average Bonchev–Trinajstić information content (AvgIpc) is 2.95. The van der Waals surface area contributed by atoms with Crippen LogP contribution in [-0.2, 0) is 21.4 Å². The van der Waals surface area contributed by atoms with E-state index in [9.17, 15) is 17.6 Å². The number of sulfonamides is 1. The number of nitrogens with zero attached hydrogens (tertiary/aromatic N) is 1. The topological polar surface area (TPSA) is 66.5 Å². The average molecular weight is 397 g/mol. The second-order valence-corrected chi connectivity index (χ2v) is 8.48. The first-order valence-corrected chi connectivity index (χ1v) is 9.97. The predicted octanol–water partition coefficient (Wildman–Crippen LogP) is 2.81. The second-order valence-electron chi connectivity index (χ2n) is 6.28. The summed E-state index contributed by atoms with van der Waals surface area (Å²) in [5.74, 6) is -0.479. The van der Waals surface area contributed by atoms with Gasteiger partial charge in [-0.1, -0.05) is 29.8 Å². The van der Waals surface area contributed by atoms with Gasteiger partial charge in [0.2, 0.25) is 15.9 Å². The fraction of sp³-hybridized carbons (Fsp3) is 0.278. The number of halogens is 2. The van der Waals surface area contributed by atoms with Crippen molar-refractivity contribution in [1.82, 2.24) is 9.62 Å². The van der Waals surface area contributed by atoms with Crippen LogP contribution in [0.15, 0.2) is 53.4 Å². The zero-order valence-corrected chi connectivity index (χ0v) is 15.4. The van der Waals surface area contributed by atoms with E-state index in [0.29, 0.717) is 18.1 Å². The summed E-state index contributed by atoms with van der Waals surface area (Å²) in [7, 11) is -3.67. The highest BCUT2D eigenvalue weighted by Gasteiger charge is 2.30. The minimum absolute atomic E-state index is 0.0405. The molecule has 1 unspecified atom stereocenters. The molecule has 1 fully saturated rings. The molecule has 2 aromatic rings. The van der Waals surface area contributed by atoms with E-state index in [2.05, 4.69) is 4.72 Å². The molecular weight excluding hydrogens is 379 g/mol. The van der Waals surface area contributed by atoms with Gasteiger partial charge in [-0.25, -0.2) is 17.5 Å². The maximum atomic E-state index is 13.0. The van der Waals surface area contributed by atoms with Crippen LogP contribution in [0.2, 0.25) is 5.02 Å². The minimum Gasteiger partial charge on any atom is -0.338 e. The van der Waals surface area contributed by atoms with Gasteiger partial charge in [0, 0.05) is 31.1 Å². The zero-order valence-electron chi connectivity index (χ0n) is 13.9. The lowest BCUT2D eigenvalue weighted by Gasteiger charge is -2.17. The Labute approximate surface area is 156 Å². The Bertz CT molecular complexity index is 903. The van der Waals surface area contributed by atoms with Crippen LogP contribution in [0.5, 0.6) is 0 Å². The SMILES string of the molecule is O=C1CC(CNS(=O)(=O)c2cccc(Cl)c2)CN1Cc1ccc(F)cc1. The van der Waals surface area contributed by atoms with Crippen LogP contribution in [0, 0.1) is 11.7 Å². The molecule has 1 aliphatic rings. The van der Waals surface area contributed by atoms with Crippen LogP contribution in [0.1, 0.15) is 12.0 Å². The quantitative estimate of drug-likeness (QED) is 0.816. The van der Waals surface area contributed by atoms with Gasteiger partial charge < -0.3 is 4.90 Å². The maximum Gasteiger partial charge on any atom is 0.240 e. The molecule has 1 saturated heterocycles. The maximum absolute atomic E-state index is 13.0. The largest absolute Gasteiger partial charge is 0.338 e. The number of nitrogens with one attached hydrogen (secondary N) is 1. The fourth-order valence-corrected chi connectivity index (χ4v) is 4.32. The number of likely N-dealkylation sites (tertiary alicyclic amines) is 1. The lowest BCUT2D eigenvalue weighted by molar-refractivity contribution is -0.128. The molecule has 26 heavy (non-hydrogen) atoms. The molecule has 8 heteroatoms. The number of rotatable bonds is 6. The molecule has 1 atom stereocenters. The van der Waals surface area contributed by atoms with E-state index in [1.807, 2.05) is 0 Å². The van der Waals surface area contributed by atoms with Gasteiger partial charge in [0.05, 0.1) is 4.90 Å². The van der Waals surface area contributed by atoms with E-state index in [4.69, 9.17) is 11.6 Å². The first-order valence-electron chi connectivity index (χ1n) is 8.11. The first kappa shape index (κ1) is 18.8. The molecule has 0 spiro atoms. The Morgan fingerprint density at radius 1 is 1.19 bits per heavy atom. The first-order chi connectivity index (χ1) is 12.3. The Hall–Kier alpha value is -1.96. The summed E-state index contributed by atoms with van der Waals surface area (Å²) in [6.45, 7) is 1.01. The van der Waals surface area contributed by atoms with Crippen molar-refractivity contribution in [3.63, 3.8) is 0 Å². The minimum atomic E-state index is -3.67. The highest BCUT2D eigenvalue weighted by molar-refractivity contribution is 7.89. The highest BCUT2D eigenvalue weighted by atomic mass is 35.5. The van der Waals surface area contributed by atoms with E-state index < -0.39 is 10.0 Å². The monoisotopic (exact) mass is 396 g/mol. The molecule has 0 aliphatic carbocycles. The molecule has 0 bridgehead atoms. The van der Waals surface area contributed by atoms with Crippen LogP contribution in [0.25, 0.3) is 0 Å². The number of benzene rings is 2. The zero-order chi connectivity index (χ0) is 18.7. The van der Waals surface area contributed by atoms with Gasteiger partial charge in [0.1, 0.15) is 5.82 Å². The van der Waals surface area contributed by atoms with Gasteiger partial charge in [0.25, 0.3) is 0 Å². The van der Waals surface area contributed by atoms with Crippen molar-refractivity contribution in [2.24, 2.45) is 5.92 Å². The van der Waals surface area contributed by atoms with Crippen molar-refractivity contribution in [3.05, 3.63) is 64.9 Å². The third-order valence-electron chi connectivity index (χ3n) is 4.25. The van der Waals surface area contributed by atoms with Gasteiger partial charge in [-0.3, -0.25) is 4.79 Å². The van der Waals surface area contributed by atoms with Crippen molar-refractivity contribution in [2.75, 3.05) is 13.1 Å². The van der Waals surface area contributed by atoms with Gasteiger partial charge in [-0.15, -0.1) is 0 Å². The van der Waals surface area contributed by atoms with Crippen LogP contribution in [0.4, 0.5) is 4.39 Å². The molecule has 1 amide bonds. The summed E-state index contributed by atoms with van der Waals surface area (Å²) in [6.07, 6.45) is 0.277. The lowest BCUT2D eigenvalue weighted by Crippen LogP contribution is -2.31. The summed E-state index contributed by atoms with van der Waals surface area (Å²) in [6, 6.07) is 12.0. The van der Waals surface area contributed by atoms with Crippen LogP contribution >= 0.6 is 11.6 Å². The van der Waals surface area contributed by atoms with Crippen molar-refractivity contribution in [2.45, 2.75) is 17.9 Å². The molecule has 1 N–H and O–H groups in total. The fourth-order valence-electron chi connectivity index (χ4n) is 2.90. The van der Waals surface area contributed by atoms with Gasteiger partial charge in [-0.05, 0) is 41.8 Å². The standard InChI is InChI=1S/C18H18ClFN2O3S/c19-15-2-1-3-17(9-15)26(24,25)21-10-14-8-18(23)22(12-14)11-13-4-6-16(20)7-5-13/h1-7,9,14,21H,8,10-12H2. The van der Waals surface area contributed by atoms with Gasteiger partial charge in [-0.2, -0.15) is 0 Å². The summed E-state index contributed by atoms with van der Waals surface area (Å²) >= 11 is 5.84. The van der Waals surface area contributed by atoms with E-state index in [0.717, 1.165) is 5.56 Å². The summed E-state index contributed by atoms with van der Waals surface area (Å²) < 4.78 is 40.2. The van der Waals surface area contributed by atoms with Crippen molar-refractivity contribution in [1.29, 1.82) is 0 Å². The molecule has 0 saturated carbocycles. The Balaban J connectivity index is 1.58. The van der Waals surface area contributed by atoms with E-state index in [1.54, 1.807) is 29.2 Å². The van der Waals surface area contributed by atoms with Crippen molar-refractivity contribution >= 4 is 27.5 Å². The summed E-state index contributed by atoms with van der Waals surface area (Å²) in [4.78, 5) is 13.9. The van der Waals surface area contributed by atoms with E-state index in [1.165, 1.54) is 24.3 Å². The van der Waals surface area contributed by atoms with E-state index in [-0.39, 0.29) is 35.5 Å². The Kier molecular flexibility index (Phi) is 5.60. The lowest BCUT2D eigenvalue weighted by atomic mass is 10.1. The third kappa shape index (κ3) is 4.60. The molecule has 1 aliphatic heterocycles. The smallest absolute Gasteiger partial charge is 0.240 e. The Morgan fingerprint density at radius 3 is 2.62 bits per heavy atom. The summed E-state index contributed by atoms with van der Waals surface area (Å²) in [5, 5.41) is 0.342. The second kappa shape index (κ2) is 7.73. The molecule has 3 rings (SSSR count). The normalized spacial score (nSPS) is 17.7. The third-order valence-corrected chi connectivity index (χ3v) is 5.91. The summed E-state index contributed by atoms with van der Waals surface area (Å²) in [5.41, 5.74) is 0.833. The molecule has 1 heterocycles. The van der Waals surface area contributed by atoms with Gasteiger partial charge >= 0.3 is 0 Å². The molecule has 0 aromatic heterocycles. The van der Waals surface area contributed by atoms with Crippen molar-refractivity contribution in [3.8, 4) is 0 Å². The molecule has 138 valence electrons. The number of carbonyl (C=O) groups is 1. The molecule has 0 radical (unpaired) electrons. The molecule has 2 aromatic carbocycles. The van der Waals surface area contributed by atoms with Crippen molar-refractivity contribution < 1.29 is 17.6 Å². The van der Waals surface area contributed by atoms with E-state index >= 15 is 0 Å². The number of carbonyl (C=O) groups excluding carboxylic acids is 1.